The largest absolute Gasteiger partial charge is 0.147 e. The molecule has 4 heteroatoms. The van der Waals surface area contributed by atoms with Gasteiger partial charge in [-0.3, -0.25) is 0 Å². The second-order valence-corrected chi connectivity index (χ2v) is 5.88. The zero-order chi connectivity index (χ0) is 11.5. The van der Waals surface area contributed by atoms with Gasteiger partial charge in [-0.25, -0.2) is 0 Å². The van der Waals surface area contributed by atoms with E-state index in [1.54, 1.807) is 0 Å². The quantitative estimate of drug-likeness (QED) is 0.730. The molecule has 0 unspecified atom stereocenters. The molecule has 0 radical (unpaired) electrons. The zero-order valence-electron chi connectivity index (χ0n) is 10.8. The number of hydrogen-bond acceptors (Lipinski definition) is 1. The molecule has 0 spiro atoms. The Bertz CT molecular complexity index is 447. The van der Waals surface area contributed by atoms with E-state index in [2.05, 4.69) is 51.1 Å². The maximum absolute atomic E-state index is 5.95. The van der Waals surface area contributed by atoms with Crippen molar-refractivity contribution < 1.29 is 22.9 Å². The Morgan fingerprint density at radius 1 is 1.00 bits per heavy atom. The van der Waals surface area contributed by atoms with Crippen LogP contribution in [-0.4, -0.2) is 0 Å². The Morgan fingerprint density at radius 2 is 1.61 bits per heavy atom. The smallest absolute Gasteiger partial charge is 0.147 e. The molecule has 0 aromatic heterocycles. The first-order chi connectivity index (χ1) is 7.65. The maximum Gasteiger partial charge on any atom is -0.147 e. The van der Waals surface area contributed by atoms with Crippen molar-refractivity contribution in [2.45, 2.75) is 27.2 Å². The minimum Gasteiger partial charge on any atom is -0.147 e. The predicted octanol–water partition coefficient (Wildman–Crippen LogP) is 4.76. The second kappa shape index (κ2) is 8.06. The Labute approximate surface area is 131 Å². The van der Waals surface area contributed by atoms with Crippen LogP contribution in [0.25, 0.3) is 0 Å². The molecule has 0 saturated heterocycles. The molecule has 2 rings (SSSR count). The van der Waals surface area contributed by atoms with Gasteiger partial charge in [0.1, 0.15) is 0 Å². The van der Waals surface area contributed by atoms with Gasteiger partial charge in [0, 0.05) is 0 Å². The second-order valence-electron chi connectivity index (χ2n) is 4.30. The summed E-state index contributed by atoms with van der Waals surface area (Å²) < 4.78 is 7.46. The van der Waals surface area contributed by atoms with Crippen LogP contribution < -0.4 is 3.32 Å². The van der Waals surface area contributed by atoms with E-state index in [0.29, 0.717) is 0 Å². The van der Waals surface area contributed by atoms with Crippen LogP contribution in [0.4, 0.5) is 0 Å². The summed E-state index contributed by atoms with van der Waals surface area (Å²) in [6, 6.07) is 6.41. The molecule has 0 N–H and O–H groups in total. The molecule has 0 saturated carbocycles. The van der Waals surface area contributed by atoms with Gasteiger partial charge in [-0.1, -0.05) is 0 Å². The van der Waals surface area contributed by atoms with Gasteiger partial charge in [0.05, 0.1) is 0 Å². The van der Waals surface area contributed by atoms with E-state index >= 15 is 0 Å². The van der Waals surface area contributed by atoms with Gasteiger partial charge < -0.3 is 0 Å². The van der Waals surface area contributed by atoms with Gasteiger partial charge in [0.2, 0.25) is 0 Å². The molecule has 0 atom stereocenters. The van der Waals surface area contributed by atoms with E-state index in [-0.39, 0.29) is 24.8 Å². The van der Waals surface area contributed by atoms with E-state index in [9.17, 15) is 0 Å². The van der Waals surface area contributed by atoms with Crippen molar-refractivity contribution in [2.24, 2.45) is 0 Å². The molecule has 1 aliphatic carbocycles. The number of rotatable bonds is 3. The minimum absolute atomic E-state index is 0. The number of allylic oxidation sites excluding steroid dienone is 4. The van der Waals surface area contributed by atoms with Gasteiger partial charge in [-0.2, -0.15) is 0 Å². The Balaban J connectivity index is 0.00000144. The van der Waals surface area contributed by atoms with E-state index in [1.807, 2.05) is 0 Å². The SMILES string of the molecule is CC1=[C]([Ti][O]c2cc(C)cc(C)c2)CC=C1.Cl.Cl. The van der Waals surface area contributed by atoms with Crippen LogP contribution in [0.2, 0.25) is 0 Å². The van der Waals surface area contributed by atoms with E-state index < -0.39 is 19.5 Å². The summed E-state index contributed by atoms with van der Waals surface area (Å²) in [7, 11) is 0. The van der Waals surface area contributed by atoms with Crippen molar-refractivity contribution in [1.82, 2.24) is 0 Å². The van der Waals surface area contributed by atoms with Gasteiger partial charge >= 0.3 is 107 Å². The summed E-state index contributed by atoms with van der Waals surface area (Å²) in [5, 5.41) is 0. The fourth-order valence-corrected chi connectivity index (χ4v) is 3.11. The molecule has 0 heterocycles. The Kier molecular flexibility index (Phi) is 7.97. The molecule has 0 bridgehead atoms. The molecular formula is C14H18Cl2OTi. The van der Waals surface area contributed by atoms with Crippen molar-refractivity contribution in [3.05, 3.63) is 50.9 Å². The monoisotopic (exact) mass is 320 g/mol. The van der Waals surface area contributed by atoms with Crippen LogP contribution in [0.15, 0.2) is 39.8 Å². The molecule has 1 aromatic carbocycles. The number of benzene rings is 1. The summed E-state index contributed by atoms with van der Waals surface area (Å²) in [5.41, 5.74) is 3.96. The molecular weight excluding hydrogens is 303 g/mol. The van der Waals surface area contributed by atoms with Crippen molar-refractivity contribution >= 4 is 24.8 Å². The molecule has 1 aromatic rings. The van der Waals surface area contributed by atoms with Crippen molar-refractivity contribution in [1.29, 1.82) is 0 Å². The molecule has 1 aliphatic rings. The summed E-state index contributed by atoms with van der Waals surface area (Å²) in [6.45, 7) is 6.40. The van der Waals surface area contributed by atoms with Crippen LogP contribution in [0, 0.1) is 13.8 Å². The average molecular weight is 321 g/mol. The van der Waals surface area contributed by atoms with Gasteiger partial charge in [0.15, 0.2) is 0 Å². The fourth-order valence-electron chi connectivity index (χ4n) is 1.85. The first-order valence-electron chi connectivity index (χ1n) is 5.52. The average Bonchev–Trinajstić information content (AvgIpc) is 2.59. The van der Waals surface area contributed by atoms with Crippen LogP contribution in [0.1, 0.15) is 24.5 Å². The number of aryl methyl sites for hydroxylation is 2. The zero-order valence-corrected chi connectivity index (χ0v) is 14.0. The predicted molar refractivity (Wildman–Crippen MR) is 77.5 cm³/mol. The Morgan fingerprint density at radius 3 is 2.11 bits per heavy atom. The summed E-state index contributed by atoms with van der Waals surface area (Å²) >= 11 is -0.445. The standard InChI is InChI=1S/C8H10O.C6H7.2ClH.Ti/c1-6-3-7(2)5-8(9)4-6;1-6-4-2-3-5-6;;;/h3-5,9H,1-2H3;2,4H,3H2,1H3;2*1H;/q;;;;+1/p-1. The Hall–Kier alpha value is -0.206. The summed E-state index contributed by atoms with van der Waals surface area (Å²) in [6.07, 6.45) is 5.51. The van der Waals surface area contributed by atoms with Crippen LogP contribution in [-0.2, 0) is 19.5 Å². The van der Waals surface area contributed by atoms with Crippen LogP contribution >= 0.6 is 24.8 Å². The van der Waals surface area contributed by atoms with E-state index in [1.165, 1.54) is 20.6 Å². The maximum atomic E-state index is 5.95. The topological polar surface area (TPSA) is 9.23 Å². The van der Waals surface area contributed by atoms with Crippen molar-refractivity contribution in [3.8, 4) is 5.75 Å². The van der Waals surface area contributed by atoms with E-state index in [0.717, 1.165) is 12.2 Å². The molecule has 18 heavy (non-hydrogen) atoms. The minimum atomic E-state index is -0.445. The summed E-state index contributed by atoms with van der Waals surface area (Å²) in [5.74, 6) is 1.03. The van der Waals surface area contributed by atoms with Gasteiger partial charge in [-0.15, -0.1) is 24.8 Å². The molecule has 98 valence electrons. The third-order valence-electron chi connectivity index (χ3n) is 2.65. The number of halogens is 2. The van der Waals surface area contributed by atoms with Crippen molar-refractivity contribution in [2.75, 3.05) is 0 Å². The van der Waals surface area contributed by atoms with E-state index in [4.69, 9.17) is 3.32 Å². The van der Waals surface area contributed by atoms with Crippen molar-refractivity contribution in [3.63, 3.8) is 0 Å². The van der Waals surface area contributed by atoms with Gasteiger partial charge in [0.25, 0.3) is 0 Å². The third-order valence-corrected chi connectivity index (χ3v) is 4.50. The third kappa shape index (κ3) is 4.82. The first kappa shape index (κ1) is 17.8. The van der Waals surface area contributed by atoms with Crippen LogP contribution in [0.3, 0.4) is 0 Å². The number of hydrogen-bond donors (Lipinski definition) is 0. The molecule has 0 aliphatic heterocycles. The molecule has 0 amide bonds. The molecule has 1 nitrogen and oxygen atoms in total. The normalized spacial score (nSPS) is 12.8. The van der Waals surface area contributed by atoms with Gasteiger partial charge in [-0.05, 0) is 0 Å². The first-order valence-corrected chi connectivity index (χ1v) is 6.94. The summed E-state index contributed by atoms with van der Waals surface area (Å²) in [4.78, 5) is 0. The fraction of sp³-hybridized carbons (Fsp3) is 0.286. The molecule has 0 fully saturated rings. The van der Waals surface area contributed by atoms with Crippen LogP contribution in [0.5, 0.6) is 5.75 Å².